The van der Waals surface area contributed by atoms with E-state index in [-0.39, 0.29) is 17.6 Å². The third-order valence-electron chi connectivity index (χ3n) is 4.97. The molecule has 1 heterocycles. The van der Waals surface area contributed by atoms with E-state index in [1.165, 1.54) is 7.11 Å². The van der Waals surface area contributed by atoms with Crippen molar-refractivity contribution in [2.24, 2.45) is 5.92 Å². The summed E-state index contributed by atoms with van der Waals surface area (Å²) < 4.78 is 15.5. The molecule has 0 bridgehead atoms. The van der Waals surface area contributed by atoms with Crippen LogP contribution >= 0.6 is 0 Å². The fraction of sp³-hybridized carbons (Fsp3) is 0.450. The fourth-order valence-corrected chi connectivity index (χ4v) is 3.45. The molecule has 2 aromatic carbocycles. The zero-order chi connectivity index (χ0) is 20.3. The average molecular weight is 388 g/mol. The normalized spacial score (nSPS) is 14.8. The molecule has 2 aromatic rings. The Morgan fingerprint density at radius 1 is 1.11 bits per heavy atom. The van der Waals surface area contributed by atoms with Crippen molar-refractivity contribution in [2.45, 2.75) is 19.8 Å². The molecule has 0 spiro atoms. The predicted octanol–water partition coefficient (Wildman–Crippen LogP) is 1.82. The third-order valence-corrected chi connectivity index (χ3v) is 4.97. The Balaban J connectivity index is 1.75. The zero-order valence-corrected chi connectivity index (χ0v) is 16.2. The van der Waals surface area contributed by atoms with Crippen molar-refractivity contribution in [3.63, 3.8) is 0 Å². The molecule has 0 aliphatic carbocycles. The van der Waals surface area contributed by atoms with Crippen LogP contribution in [0.1, 0.15) is 19.8 Å². The van der Waals surface area contributed by atoms with Crippen LogP contribution in [0.4, 0.5) is 17.1 Å². The molecule has 8 heteroatoms. The molecule has 0 aromatic heterocycles. The van der Waals surface area contributed by atoms with E-state index in [1.54, 1.807) is 32.2 Å². The molecule has 0 saturated carbocycles. The van der Waals surface area contributed by atoms with E-state index >= 15 is 0 Å². The number of rotatable bonds is 7. The van der Waals surface area contributed by atoms with Gasteiger partial charge in [0.05, 0.1) is 26.7 Å². The van der Waals surface area contributed by atoms with Crippen molar-refractivity contribution in [1.29, 1.82) is 0 Å². The van der Waals surface area contributed by atoms with Gasteiger partial charge in [0.2, 0.25) is 0 Å². The van der Waals surface area contributed by atoms with Gasteiger partial charge in [0.25, 0.3) is 10.9 Å². The SMILES string of the molecule is CCOC(=O)C1CCN(c2c(Nc3ccc(OC)c(OC)c3)c(=O)c2=O)CC1. The molecule has 1 N–H and O–H groups in total. The molecule has 3 rings (SSSR count). The van der Waals surface area contributed by atoms with Gasteiger partial charge in [0.15, 0.2) is 11.5 Å². The standard InChI is InChI=1S/C20H24N2O6/c1-4-28-20(25)12-7-9-22(10-8-12)17-16(18(23)19(17)24)21-13-5-6-14(26-2)15(11-13)27-3/h5-6,11-12,21H,4,7-10H2,1-3H3. The van der Waals surface area contributed by atoms with Crippen molar-refractivity contribution in [1.82, 2.24) is 0 Å². The van der Waals surface area contributed by atoms with Gasteiger partial charge < -0.3 is 24.4 Å². The van der Waals surface area contributed by atoms with Crippen LogP contribution in [0.25, 0.3) is 0 Å². The summed E-state index contributed by atoms with van der Waals surface area (Å²) in [6.07, 6.45) is 1.18. The maximum Gasteiger partial charge on any atom is 0.309 e. The average Bonchev–Trinajstić information content (AvgIpc) is 2.73. The number of piperidine rings is 1. The maximum atomic E-state index is 12.2. The Kier molecular flexibility index (Phi) is 5.87. The largest absolute Gasteiger partial charge is 0.493 e. The molecule has 0 radical (unpaired) electrons. The van der Waals surface area contributed by atoms with Crippen LogP contribution in [0.15, 0.2) is 27.8 Å². The van der Waals surface area contributed by atoms with Crippen LogP contribution in [0.5, 0.6) is 11.5 Å². The first kappa shape index (κ1) is 19.7. The predicted molar refractivity (Wildman–Crippen MR) is 106 cm³/mol. The summed E-state index contributed by atoms with van der Waals surface area (Å²) in [6.45, 7) is 3.18. The summed E-state index contributed by atoms with van der Waals surface area (Å²) in [5.41, 5.74) is 0.219. The van der Waals surface area contributed by atoms with Crippen molar-refractivity contribution < 1.29 is 19.0 Å². The lowest BCUT2D eigenvalue weighted by atomic mass is 9.96. The number of nitrogens with one attached hydrogen (secondary N) is 1. The molecule has 1 aliphatic heterocycles. The van der Waals surface area contributed by atoms with Gasteiger partial charge >= 0.3 is 5.97 Å². The van der Waals surface area contributed by atoms with Gasteiger partial charge in [-0.25, -0.2) is 0 Å². The smallest absolute Gasteiger partial charge is 0.309 e. The van der Waals surface area contributed by atoms with Gasteiger partial charge in [0, 0.05) is 24.8 Å². The van der Waals surface area contributed by atoms with Crippen LogP contribution in [0.2, 0.25) is 0 Å². The number of anilines is 3. The molecule has 1 aliphatic rings. The number of esters is 1. The summed E-state index contributed by atoms with van der Waals surface area (Å²) in [7, 11) is 3.07. The highest BCUT2D eigenvalue weighted by atomic mass is 16.5. The van der Waals surface area contributed by atoms with Gasteiger partial charge in [0.1, 0.15) is 11.4 Å². The minimum atomic E-state index is -0.544. The van der Waals surface area contributed by atoms with Gasteiger partial charge in [-0.2, -0.15) is 0 Å². The zero-order valence-electron chi connectivity index (χ0n) is 16.2. The van der Waals surface area contributed by atoms with Crippen molar-refractivity contribution in [2.75, 3.05) is 44.1 Å². The Labute approximate surface area is 162 Å². The fourth-order valence-electron chi connectivity index (χ4n) is 3.45. The van der Waals surface area contributed by atoms with Gasteiger partial charge in [-0.1, -0.05) is 0 Å². The number of hydrogen-bond donors (Lipinski definition) is 1. The van der Waals surface area contributed by atoms with Crippen LogP contribution in [0.3, 0.4) is 0 Å². The third kappa shape index (κ3) is 3.67. The Hall–Kier alpha value is -3.03. The van der Waals surface area contributed by atoms with E-state index in [0.29, 0.717) is 55.4 Å². The Morgan fingerprint density at radius 3 is 2.39 bits per heavy atom. The van der Waals surface area contributed by atoms with E-state index in [1.807, 2.05) is 4.90 Å². The van der Waals surface area contributed by atoms with Crippen LogP contribution < -0.4 is 30.5 Å². The minimum Gasteiger partial charge on any atom is -0.493 e. The summed E-state index contributed by atoms with van der Waals surface area (Å²) in [5.74, 6) is 0.725. The second kappa shape index (κ2) is 8.33. The lowest BCUT2D eigenvalue weighted by Crippen LogP contribution is -2.46. The molecule has 28 heavy (non-hydrogen) atoms. The highest BCUT2D eigenvalue weighted by molar-refractivity contribution is 5.80. The molecular weight excluding hydrogens is 364 g/mol. The number of nitrogens with zero attached hydrogens (tertiary/aromatic N) is 1. The van der Waals surface area contributed by atoms with Crippen molar-refractivity contribution in [3.8, 4) is 11.5 Å². The summed E-state index contributed by atoms with van der Waals surface area (Å²) in [5, 5.41) is 3.03. The van der Waals surface area contributed by atoms with Crippen LogP contribution in [-0.4, -0.2) is 39.9 Å². The second-order valence-corrected chi connectivity index (χ2v) is 6.59. The van der Waals surface area contributed by atoms with E-state index < -0.39 is 10.9 Å². The van der Waals surface area contributed by atoms with Gasteiger partial charge in [-0.3, -0.25) is 14.4 Å². The maximum absolute atomic E-state index is 12.2. The highest BCUT2D eigenvalue weighted by Gasteiger charge is 2.32. The van der Waals surface area contributed by atoms with Crippen LogP contribution in [0, 0.1) is 5.92 Å². The van der Waals surface area contributed by atoms with Gasteiger partial charge in [-0.15, -0.1) is 0 Å². The van der Waals surface area contributed by atoms with Gasteiger partial charge in [-0.05, 0) is 31.9 Å². The second-order valence-electron chi connectivity index (χ2n) is 6.59. The number of benzene rings is 1. The Morgan fingerprint density at radius 2 is 1.79 bits per heavy atom. The number of carbonyl (C=O) groups is 1. The molecule has 0 atom stereocenters. The van der Waals surface area contributed by atoms with E-state index in [9.17, 15) is 14.4 Å². The quantitative estimate of drug-likeness (QED) is 0.567. The molecule has 8 nitrogen and oxygen atoms in total. The number of hydrogen-bond acceptors (Lipinski definition) is 8. The molecule has 0 unspecified atom stereocenters. The molecular formula is C20H24N2O6. The number of ether oxygens (including phenoxy) is 3. The summed E-state index contributed by atoms with van der Waals surface area (Å²) in [4.78, 5) is 38.1. The molecule has 0 amide bonds. The highest BCUT2D eigenvalue weighted by Crippen LogP contribution is 2.33. The summed E-state index contributed by atoms with van der Waals surface area (Å²) in [6, 6.07) is 5.17. The first-order valence-corrected chi connectivity index (χ1v) is 9.24. The lowest BCUT2D eigenvalue weighted by molar-refractivity contribution is -0.148. The summed E-state index contributed by atoms with van der Waals surface area (Å²) >= 11 is 0. The molecule has 1 fully saturated rings. The van der Waals surface area contributed by atoms with E-state index in [2.05, 4.69) is 5.32 Å². The first-order chi connectivity index (χ1) is 13.5. The lowest BCUT2D eigenvalue weighted by Gasteiger charge is -2.34. The monoisotopic (exact) mass is 388 g/mol. The van der Waals surface area contributed by atoms with Crippen molar-refractivity contribution >= 4 is 23.0 Å². The number of methoxy groups -OCH3 is 2. The van der Waals surface area contributed by atoms with Crippen LogP contribution in [-0.2, 0) is 9.53 Å². The number of carbonyl (C=O) groups excluding carboxylic acids is 1. The first-order valence-electron chi connectivity index (χ1n) is 9.24. The van der Waals surface area contributed by atoms with E-state index in [0.717, 1.165) is 0 Å². The topological polar surface area (TPSA) is 94.2 Å². The molecule has 1 saturated heterocycles. The Bertz CT molecular complexity index is 923. The van der Waals surface area contributed by atoms with E-state index in [4.69, 9.17) is 14.2 Å². The minimum absolute atomic E-state index is 0.162. The van der Waals surface area contributed by atoms with Crippen molar-refractivity contribution in [3.05, 3.63) is 38.6 Å². The molecule has 150 valence electrons.